The predicted molar refractivity (Wildman–Crippen MR) is 109 cm³/mol. The van der Waals surface area contributed by atoms with E-state index in [4.69, 9.17) is 0 Å². The fraction of sp³-hybridized carbons (Fsp3) is 0.0833. The molecule has 0 saturated carbocycles. The van der Waals surface area contributed by atoms with Gasteiger partial charge in [-0.05, 0) is 35.2 Å². The Bertz CT molecular complexity index is 1060. The van der Waals surface area contributed by atoms with E-state index in [0.717, 1.165) is 16.7 Å². The molecule has 4 rings (SSSR count). The maximum atomic E-state index is 12.6. The fourth-order valence-electron chi connectivity index (χ4n) is 3.38. The Kier molecular flexibility index (Phi) is 5.12. The number of anilines is 1. The van der Waals surface area contributed by atoms with E-state index in [1.165, 1.54) is 0 Å². The van der Waals surface area contributed by atoms with Crippen LogP contribution in [0.1, 0.15) is 18.0 Å². The molecule has 0 aromatic heterocycles. The molecule has 144 valence electrons. The molecule has 0 radical (unpaired) electrons. The van der Waals surface area contributed by atoms with Crippen LogP contribution in [0, 0.1) is 0 Å². The first-order valence-electron chi connectivity index (χ1n) is 9.34. The fourth-order valence-corrected chi connectivity index (χ4v) is 3.38. The van der Waals surface area contributed by atoms with Crippen molar-refractivity contribution < 1.29 is 14.7 Å². The zero-order chi connectivity index (χ0) is 20.2. The first kappa shape index (κ1) is 18.5. The zero-order valence-corrected chi connectivity index (χ0v) is 15.6. The van der Waals surface area contributed by atoms with Crippen LogP contribution >= 0.6 is 0 Å². The van der Waals surface area contributed by atoms with Gasteiger partial charge in [0.25, 0.3) is 11.8 Å². The molecule has 2 N–H and O–H groups in total. The normalized spacial score (nSPS) is 16.3. The van der Waals surface area contributed by atoms with Crippen molar-refractivity contribution in [3.63, 3.8) is 0 Å². The van der Waals surface area contributed by atoms with E-state index in [1.54, 1.807) is 12.1 Å². The highest BCUT2D eigenvalue weighted by molar-refractivity contribution is 6.23. The Labute approximate surface area is 168 Å². The van der Waals surface area contributed by atoms with Crippen molar-refractivity contribution in [3.8, 4) is 11.1 Å². The van der Waals surface area contributed by atoms with Gasteiger partial charge in [-0.3, -0.25) is 9.59 Å². The molecule has 3 aromatic rings. The molecule has 0 spiro atoms. The molecular weight excluding hydrogens is 364 g/mol. The molecular formula is C24H19N2O3-. The molecule has 0 bridgehead atoms. The molecule has 1 aliphatic heterocycles. The van der Waals surface area contributed by atoms with Gasteiger partial charge in [-0.2, -0.15) is 0 Å². The number of rotatable bonds is 4. The minimum Gasteiger partial charge on any atom is -0.875 e. The van der Waals surface area contributed by atoms with Crippen molar-refractivity contribution in [3.05, 3.63) is 102 Å². The Morgan fingerprint density at radius 1 is 0.862 bits per heavy atom. The highest BCUT2D eigenvalue weighted by Gasteiger charge is 2.28. The third kappa shape index (κ3) is 4.04. The molecule has 2 amide bonds. The largest absolute Gasteiger partial charge is 0.875 e. The average Bonchev–Trinajstić information content (AvgIpc) is 2.75. The Balaban J connectivity index is 1.49. The maximum absolute atomic E-state index is 12.6. The number of hydrogen-bond acceptors (Lipinski definition) is 3. The van der Waals surface area contributed by atoms with E-state index >= 15 is 0 Å². The van der Waals surface area contributed by atoms with Crippen LogP contribution in [0.3, 0.4) is 0 Å². The summed E-state index contributed by atoms with van der Waals surface area (Å²) in [7, 11) is 0. The van der Waals surface area contributed by atoms with Gasteiger partial charge in [0.1, 0.15) is 0 Å². The monoisotopic (exact) mass is 383 g/mol. The van der Waals surface area contributed by atoms with E-state index < -0.39 is 23.6 Å². The molecule has 1 unspecified atom stereocenters. The third-order valence-corrected chi connectivity index (χ3v) is 4.88. The molecule has 1 aliphatic rings. The van der Waals surface area contributed by atoms with Gasteiger partial charge >= 0.3 is 0 Å². The van der Waals surface area contributed by atoms with E-state index in [0.29, 0.717) is 5.69 Å². The molecule has 5 nitrogen and oxygen atoms in total. The lowest BCUT2D eigenvalue weighted by molar-refractivity contribution is -0.309. The van der Waals surface area contributed by atoms with Gasteiger partial charge in [0, 0.05) is 5.69 Å². The summed E-state index contributed by atoms with van der Waals surface area (Å²) in [4.78, 5) is 25.0. The van der Waals surface area contributed by atoms with Gasteiger partial charge in [-0.1, -0.05) is 72.8 Å². The maximum Gasteiger partial charge on any atom is 0.260 e. The topological polar surface area (TPSA) is 81.3 Å². The number of nitrogens with one attached hydrogen (secondary N) is 2. The summed E-state index contributed by atoms with van der Waals surface area (Å²) in [5, 5.41) is 17.9. The molecule has 0 fully saturated rings. The number of hydrogen-bond donors (Lipinski definition) is 2. The summed E-state index contributed by atoms with van der Waals surface area (Å²) in [5.74, 6) is -1.79. The minimum absolute atomic E-state index is 0.0610. The van der Waals surface area contributed by atoms with Gasteiger partial charge in [0.05, 0.1) is 11.6 Å². The first-order chi connectivity index (χ1) is 14.1. The van der Waals surface area contributed by atoms with Crippen LogP contribution < -0.4 is 15.7 Å². The van der Waals surface area contributed by atoms with Crippen LogP contribution in [0.5, 0.6) is 0 Å². The van der Waals surface area contributed by atoms with Crippen molar-refractivity contribution in [2.24, 2.45) is 0 Å². The van der Waals surface area contributed by atoms with Crippen molar-refractivity contribution in [2.75, 3.05) is 5.32 Å². The van der Waals surface area contributed by atoms with Crippen LogP contribution in [0.4, 0.5) is 5.69 Å². The van der Waals surface area contributed by atoms with Gasteiger partial charge in [-0.15, -0.1) is 5.76 Å². The second-order valence-corrected chi connectivity index (χ2v) is 6.84. The Morgan fingerprint density at radius 2 is 1.45 bits per heavy atom. The highest BCUT2D eigenvalue weighted by Crippen LogP contribution is 2.26. The van der Waals surface area contributed by atoms with Crippen molar-refractivity contribution in [2.45, 2.75) is 12.5 Å². The number of carbonyl (C=O) groups excluding carboxylic acids is 2. The van der Waals surface area contributed by atoms with Crippen molar-refractivity contribution in [1.82, 2.24) is 5.32 Å². The van der Waals surface area contributed by atoms with Gasteiger partial charge in [0.2, 0.25) is 0 Å². The van der Waals surface area contributed by atoms with Crippen LogP contribution in [0.15, 0.2) is 96.3 Å². The van der Waals surface area contributed by atoms with E-state index in [9.17, 15) is 14.7 Å². The first-order valence-corrected chi connectivity index (χ1v) is 9.34. The standard InChI is InChI=1S/C24H20N2O3/c27-21-15-20(18-9-5-2-6-10-18)26-24(29)22(21)23(28)25-19-13-11-17(12-14-19)16-7-3-1-4-8-16/h1-14,20,27H,15H2,(H,25,28)(H,26,29)/p-1. The second kappa shape index (κ2) is 8.02. The van der Waals surface area contributed by atoms with Crippen LogP contribution in [0.2, 0.25) is 0 Å². The lowest BCUT2D eigenvalue weighted by Gasteiger charge is -2.30. The minimum atomic E-state index is -0.688. The summed E-state index contributed by atoms with van der Waals surface area (Å²) in [6, 6.07) is 25.9. The zero-order valence-electron chi connectivity index (χ0n) is 15.6. The molecule has 3 aromatic carbocycles. The van der Waals surface area contributed by atoms with Gasteiger partial charge < -0.3 is 15.7 Å². The summed E-state index contributed by atoms with van der Waals surface area (Å²) in [5.41, 5.74) is 3.07. The van der Waals surface area contributed by atoms with E-state index in [-0.39, 0.29) is 12.0 Å². The average molecular weight is 383 g/mol. The smallest absolute Gasteiger partial charge is 0.260 e. The lowest BCUT2D eigenvalue weighted by atomic mass is 9.96. The summed E-state index contributed by atoms with van der Waals surface area (Å²) in [6.07, 6.45) is 0.0610. The van der Waals surface area contributed by atoms with Crippen LogP contribution in [-0.2, 0) is 9.59 Å². The quantitative estimate of drug-likeness (QED) is 0.679. The SMILES string of the molecule is O=C(Nc1ccc(-c2ccccc2)cc1)C1=C([O-])CC(c2ccccc2)NC1=O. The molecule has 1 heterocycles. The van der Waals surface area contributed by atoms with Gasteiger partial charge in [-0.25, -0.2) is 0 Å². The van der Waals surface area contributed by atoms with E-state index in [2.05, 4.69) is 10.6 Å². The molecule has 0 saturated heterocycles. The molecule has 0 aliphatic carbocycles. The Morgan fingerprint density at radius 3 is 2.07 bits per heavy atom. The van der Waals surface area contributed by atoms with Crippen molar-refractivity contribution in [1.29, 1.82) is 0 Å². The number of benzene rings is 3. The third-order valence-electron chi connectivity index (χ3n) is 4.88. The molecule has 5 heteroatoms. The van der Waals surface area contributed by atoms with Gasteiger partial charge in [0.15, 0.2) is 0 Å². The summed E-state index contributed by atoms with van der Waals surface area (Å²) in [6.45, 7) is 0. The Hall–Kier alpha value is -3.86. The number of carbonyl (C=O) groups is 2. The molecule has 29 heavy (non-hydrogen) atoms. The lowest BCUT2D eigenvalue weighted by Crippen LogP contribution is -2.41. The van der Waals surface area contributed by atoms with Crippen LogP contribution in [-0.4, -0.2) is 11.8 Å². The predicted octanol–water partition coefficient (Wildman–Crippen LogP) is 3.17. The summed E-state index contributed by atoms with van der Waals surface area (Å²) < 4.78 is 0. The van der Waals surface area contributed by atoms with Crippen molar-refractivity contribution >= 4 is 17.5 Å². The highest BCUT2D eigenvalue weighted by atomic mass is 16.3. The number of amides is 2. The second-order valence-electron chi connectivity index (χ2n) is 6.84. The molecule has 1 atom stereocenters. The van der Waals surface area contributed by atoms with Crippen LogP contribution in [0.25, 0.3) is 11.1 Å². The van der Waals surface area contributed by atoms with E-state index in [1.807, 2.05) is 72.8 Å². The summed E-state index contributed by atoms with van der Waals surface area (Å²) >= 11 is 0.